The van der Waals surface area contributed by atoms with E-state index in [2.05, 4.69) is 24.1 Å². The topological polar surface area (TPSA) is 35.5 Å². The molecule has 1 unspecified atom stereocenters. The normalized spacial score (nSPS) is 25.9. The molecule has 1 aliphatic heterocycles. The summed E-state index contributed by atoms with van der Waals surface area (Å²) in [6.45, 7) is 9.23. The summed E-state index contributed by atoms with van der Waals surface area (Å²) < 4.78 is 0. The largest absolute Gasteiger partial charge is 0.394 e. The van der Waals surface area contributed by atoms with Gasteiger partial charge in [-0.25, -0.2) is 0 Å². The lowest BCUT2D eigenvalue weighted by Crippen LogP contribution is -2.46. The minimum Gasteiger partial charge on any atom is -0.394 e. The Kier molecular flexibility index (Phi) is 5.88. The van der Waals surface area contributed by atoms with Crippen LogP contribution >= 0.6 is 0 Å². The molecule has 2 N–H and O–H groups in total. The van der Waals surface area contributed by atoms with Crippen LogP contribution in [0.2, 0.25) is 0 Å². The molecule has 1 saturated carbocycles. The van der Waals surface area contributed by atoms with Gasteiger partial charge in [-0.05, 0) is 77.0 Å². The van der Waals surface area contributed by atoms with E-state index in [0.29, 0.717) is 0 Å². The van der Waals surface area contributed by atoms with Crippen molar-refractivity contribution in [2.24, 2.45) is 5.41 Å². The molecule has 0 bridgehead atoms. The van der Waals surface area contributed by atoms with Crippen LogP contribution in [-0.4, -0.2) is 48.3 Å². The second-order valence-electron chi connectivity index (χ2n) is 7.40. The van der Waals surface area contributed by atoms with E-state index < -0.39 is 0 Å². The maximum atomic E-state index is 9.52. The third-order valence-electron chi connectivity index (χ3n) is 5.74. The molecule has 2 fully saturated rings. The van der Waals surface area contributed by atoms with Crippen molar-refractivity contribution in [3.63, 3.8) is 0 Å². The number of piperidine rings is 1. The molecule has 20 heavy (non-hydrogen) atoms. The maximum absolute atomic E-state index is 9.52. The number of rotatable bonds is 7. The van der Waals surface area contributed by atoms with E-state index in [9.17, 15) is 5.11 Å². The van der Waals surface area contributed by atoms with Crippen molar-refractivity contribution in [2.45, 2.75) is 70.8 Å². The van der Waals surface area contributed by atoms with Gasteiger partial charge in [0.2, 0.25) is 0 Å². The van der Waals surface area contributed by atoms with E-state index in [1.54, 1.807) is 0 Å². The zero-order valence-electron chi connectivity index (χ0n) is 13.6. The summed E-state index contributed by atoms with van der Waals surface area (Å²) in [5, 5.41) is 12.9. The summed E-state index contributed by atoms with van der Waals surface area (Å²) >= 11 is 0. The van der Waals surface area contributed by atoms with Crippen LogP contribution in [0.4, 0.5) is 0 Å². The highest BCUT2D eigenvalue weighted by Crippen LogP contribution is 2.46. The number of nitrogens with zero attached hydrogens (tertiary/aromatic N) is 1. The summed E-state index contributed by atoms with van der Waals surface area (Å²) in [7, 11) is 0. The fraction of sp³-hybridized carbons (Fsp3) is 1.00. The van der Waals surface area contributed by atoms with Crippen molar-refractivity contribution in [2.75, 3.05) is 32.8 Å². The van der Waals surface area contributed by atoms with Gasteiger partial charge in [-0.15, -0.1) is 0 Å². The van der Waals surface area contributed by atoms with Gasteiger partial charge in [-0.2, -0.15) is 0 Å². The van der Waals surface area contributed by atoms with Crippen molar-refractivity contribution in [3.8, 4) is 0 Å². The Hall–Kier alpha value is -0.120. The number of likely N-dealkylation sites (tertiary alicyclic amines) is 1. The van der Waals surface area contributed by atoms with Gasteiger partial charge in [0.05, 0.1) is 6.61 Å². The van der Waals surface area contributed by atoms with Crippen molar-refractivity contribution in [3.05, 3.63) is 0 Å². The molecule has 3 nitrogen and oxygen atoms in total. The van der Waals surface area contributed by atoms with E-state index >= 15 is 0 Å². The third-order valence-corrected chi connectivity index (χ3v) is 5.74. The zero-order chi connectivity index (χ0) is 14.5. The van der Waals surface area contributed by atoms with Crippen LogP contribution in [0.25, 0.3) is 0 Å². The van der Waals surface area contributed by atoms with E-state index in [-0.39, 0.29) is 12.1 Å². The zero-order valence-corrected chi connectivity index (χ0v) is 13.6. The minimum absolute atomic E-state index is 0.0861. The molecule has 1 heterocycles. The first-order chi connectivity index (χ1) is 9.61. The first-order valence-corrected chi connectivity index (χ1v) is 8.70. The molecule has 0 amide bonds. The van der Waals surface area contributed by atoms with E-state index in [0.717, 1.165) is 18.4 Å². The SMILES string of the molecule is CCNC(C)(CO)CCCN1CCC2(CCCC2)CC1. The molecule has 1 atom stereocenters. The highest BCUT2D eigenvalue weighted by Gasteiger charge is 2.36. The number of aliphatic hydroxyl groups is 1. The van der Waals surface area contributed by atoms with Gasteiger partial charge in [0, 0.05) is 5.54 Å². The summed E-state index contributed by atoms with van der Waals surface area (Å²) in [4.78, 5) is 2.65. The quantitative estimate of drug-likeness (QED) is 0.754. The molecule has 1 saturated heterocycles. The first-order valence-electron chi connectivity index (χ1n) is 8.70. The van der Waals surface area contributed by atoms with Crippen molar-refractivity contribution < 1.29 is 5.11 Å². The van der Waals surface area contributed by atoms with Crippen LogP contribution in [-0.2, 0) is 0 Å². The molecule has 0 aromatic rings. The molecular formula is C17H34N2O. The monoisotopic (exact) mass is 282 g/mol. The van der Waals surface area contributed by atoms with Crippen molar-refractivity contribution in [1.29, 1.82) is 0 Å². The van der Waals surface area contributed by atoms with Gasteiger partial charge in [-0.3, -0.25) is 0 Å². The van der Waals surface area contributed by atoms with Gasteiger partial charge in [0.15, 0.2) is 0 Å². The standard InChI is InChI=1S/C17H34N2O/c1-3-18-16(2,15-20)7-6-12-19-13-10-17(11-14-19)8-4-5-9-17/h18,20H,3-15H2,1-2H3. The average molecular weight is 282 g/mol. The molecule has 2 aliphatic rings. The predicted octanol–water partition coefficient (Wildman–Crippen LogP) is 2.78. The Morgan fingerprint density at radius 3 is 2.35 bits per heavy atom. The van der Waals surface area contributed by atoms with Crippen molar-refractivity contribution in [1.82, 2.24) is 10.2 Å². The predicted molar refractivity (Wildman–Crippen MR) is 85.0 cm³/mol. The number of likely N-dealkylation sites (N-methyl/N-ethyl adjacent to an activating group) is 1. The van der Waals surface area contributed by atoms with Gasteiger partial charge in [0.1, 0.15) is 0 Å². The lowest BCUT2D eigenvalue weighted by molar-refractivity contribution is 0.101. The highest BCUT2D eigenvalue weighted by molar-refractivity contribution is 4.90. The molecule has 3 heteroatoms. The van der Waals surface area contributed by atoms with Crippen LogP contribution in [0, 0.1) is 5.41 Å². The molecule has 0 aromatic heterocycles. The maximum Gasteiger partial charge on any atom is 0.0610 e. The van der Waals surface area contributed by atoms with E-state index in [1.165, 1.54) is 64.6 Å². The Balaban J connectivity index is 1.66. The van der Waals surface area contributed by atoms with Gasteiger partial charge >= 0.3 is 0 Å². The van der Waals surface area contributed by atoms with E-state index in [4.69, 9.17) is 0 Å². The number of aliphatic hydroxyl groups excluding tert-OH is 1. The number of hydrogen-bond acceptors (Lipinski definition) is 3. The minimum atomic E-state index is -0.0861. The summed E-state index contributed by atoms with van der Waals surface area (Å²) in [5.74, 6) is 0. The Morgan fingerprint density at radius 2 is 1.80 bits per heavy atom. The molecular weight excluding hydrogens is 248 g/mol. The van der Waals surface area contributed by atoms with Crippen LogP contribution in [0.1, 0.15) is 65.2 Å². The fourth-order valence-electron chi connectivity index (χ4n) is 4.22. The van der Waals surface area contributed by atoms with E-state index in [1.807, 2.05) is 0 Å². The van der Waals surface area contributed by atoms with Crippen LogP contribution in [0.15, 0.2) is 0 Å². The smallest absolute Gasteiger partial charge is 0.0610 e. The molecule has 1 spiro atoms. The van der Waals surface area contributed by atoms with Gasteiger partial charge in [0.25, 0.3) is 0 Å². The summed E-state index contributed by atoms with van der Waals surface area (Å²) in [6, 6.07) is 0. The number of hydrogen-bond donors (Lipinski definition) is 2. The van der Waals surface area contributed by atoms with Gasteiger partial charge < -0.3 is 15.3 Å². The Labute approximate surface area is 125 Å². The van der Waals surface area contributed by atoms with Crippen molar-refractivity contribution >= 4 is 0 Å². The third kappa shape index (κ3) is 4.19. The Bertz CT molecular complexity index is 279. The molecule has 0 radical (unpaired) electrons. The second kappa shape index (κ2) is 7.24. The summed E-state index contributed by atoms with van der Waals surface area (Å²) in [5.41, 5.74) is 0.650. The Morgan fingerprint density at radius 1 is 1.15 bits per heavy atom. The van der Waals surface area contributed by atoms with Crippen LogP contribution in [0.3, 0.4) is 0 Å². The first kappa shape index (κ1) is 16.3. The highest BCUT2D eigenvalue weighted by atomic mass is 16.3. The van der Waals surface area contributed by atoms with Crippen LogP contribution in [0.5, 0.6) is 0 Å². The lowest BCUT2D eigenvalue weighted by Gasteiger charge is -2.40. The van der Waals surface area contributed by atoms with Crippen LogP contribution < -0.4 is 5.32 Å². The molecule has 1 aliphatic carbocycles. The number of nitrogens with one attached hydrogen (secondary N) is 1. The fourth-order valence-corrected chi connectivity index (χ4v) is 4.22. The summed E-state index contributed by atoms with van der Waals surface area (Å²) in [6.07, 6.45) is 11.0. The molecule has 118 valence electrons. The second-order valence-corrected chi connectivity index (χ2v) is 7.40. The average Bonchev–Trinajstić information content (AvgIpc) is 2.90. The molecule has 0 aromatic carbocycles. The lowest BCUT2D eigenvalue weighted by atomic mass is 9.77. The van der Waals surface area contributed by atoms with Gasteiger partial charge in [-0.1, -0.05) is 19.8 Å². The molecule has 2 rings (SSSR count).